The number of nitrogens with one attached hydrogen (secondary N) is 2. The number of amides is 1. The number of nitrogens with zero attached hydrogens (tertiary/aromatic N) is 4. The Balaban J connectivity index is 1.23. The van der Waals surface area contributed by atoms with Crippen molar-refractivity contribution in [2.45, 2.75) is 0 Å². The van der Waals surface area contributed by atoms with Crippen LogP contribution in [-0.2, 0) is 4.74 Å². The molecule has 2 aliphatic heterocycles. The van der Waals surface area contributed by atoms with E-state index < -0.39 is 23.1 Å². The van der Waals surface area contributed by atoms with Gasteiger partial charge in [0.2, 0.25) is 5.95 Å². The van der Waals surface area contributed by atoms with Gasteiger partial charge in [0.05, 0.1) is 24.6 Å². The van der Waals surface area contributed by atoms with Gasteiger partial charge in [0.15, 0.2) is 0 Å². The highest BCUT2D eigenvalue weighted by atomic mass is 19.1. The van der Waals surface area contributed by atoms with Crippen LogP contribution in [0.2, 0.25) is 0 Å². The second-order valence-corrected chi connectivity index (χ2v) is 11.4. The largest absolute Gasteiger partial charge is 0.492 e. The highest BCUT2D eigenvalue weighted by Crippen LogP contribution is 2.35. The van der Waals surface area contributed by atoms with Gasteiger partial charge in [-0.15, -0.1) is 0 Å². The van der Waals surface area contributed by atoms with Gasteiger partial charge in [-0.1, -0.05) is 36.9 Å². The Kier molecular flexibility index (Phi) is 10.5. The third-order valence-corrected chi connectivity index (χ3v) is 8.05. The van der Waals surface area contributed by atoms with E-state index in [2.05, 4.69) is 27.1 Å². The summed E-state index contributed by atoms with van der Waals surface area (Å²) in [4.78, 5) is 26.4. The van der Waals surface area contributed by atoms with Crippen molar-refractivity contribution in [3.63, 3.8) is 0 Å². The van der Waals surface area contributed by atoms with Crippen molar-refractivity contribution in [2.24, 2.45) is 0 Å². The molecule has 0 bridgehead atoms. The number of anilines is 3. The van der Waals surface area contributed by atoms with Gasteiger partial charge < -0.3 is 25.0 Å². The topological polar surface area (TPSA) is 91.8 Å². The predicted octanol–water partition coefficient (Wildman–Crippen LogP) is 6.90. The third-order valence-electron chi connectivity index (χ3n) is 8.05. The van der Waals surface area contributed by atoms with Crippen molar-refractivity contribution in [2.75, 3.05) is 57.1 Å². The van der Waals surface area contributed by atoms with Gasteiger partial charge in [0.1, 0.15) is 29.6 Å². The van der Waals surface area contributed by atoms with Crippen LogP contribution in [0.25, 0.3) is 11.1 Å². The van der Waals surface area contributed by atoms with Crippen molar-refractivity contribution in [1.82, 2.24) is 19.8 Å². The molecule has 1 amide bonds. The lowest BCUT2D eigenvalue weighted by atomic mass is 9.93. The number of carbonyl (C=O) groups is 1. The minimum atomic E-state index is -0.943. The number of hydrogen-bond acceptors (Lipinski definition) is 8. The maximum Gasteiger partial charge on any atom is 0.261 e. The van der Waals surface area contributed by atoms with E-state index in [0.717, 1.165) is 67.7 Å². The number of hydrogen-bond donors (Lipinski definition) is 2. The zero-order valence-corrected chi connectivity index (χ0v) is 27.0. The van der Waals surface area contributed by atoms with E-state index in [4.69, 9.17) is 14.5 Å². The van der Waals surface area contributed by atoms with E-state index in [-0.39, 0.29) is 0 Å². The maximum atomic E-state index is 14.3. The summed E-state index contributed by atoms with van der Waals surface area (Å²) in [6, 6.07) is 19.7. The average molecular weight is 663 g/mol. The van der Waals surface area contributed by atoms with Crippen LogP contribution in [0.5, 0.6) is 5.75 Å². The normalized spacial score (nSPS) is 15.5. The van der Waals surface area contributed by atoms with Crippen LogP contribution in [0.3, 0.4) is 0 Å². The standard InChI is InChI=1S/C38H36F2N6O3/c1-26(27-8-5-9-28(24-27)42-37(47)36-31(39)12-7-13-32(36)40)35(34-14-3-4-17-45(34)2)33-15-16-41-38(44-33)43-29-10-6-11-30(25-29)49-23-20-46-18-21-48-22-19-46/h3-17,24-25H,1,18-23H2,2H3,(H,42,47)(H,41,43,44)/b35-34+. The second-order valence-electron chi connectivity index (χ2n) is 11.4. The average Bonchev–Trinajstić information content (AvgIpc) is 3.10. The number of carbonyl (C=O) groups excluding carboxylic acids is 1. The predicted molar refractivity (Wildman–Crippen MR) is 187 cm³/mol. The van der Waals surface area contributed by atoms with Crippen LogP contribution >= 0.6 is 0 Å². The third kappa shape index (κ3) is 8.26. The lowest BCUT2D eigenvalue weighted by Crippen LogP contribution is -2.38. The first-order valence-corrected chi connectivity index (χ1v) is 15.9. The molecule has 0 saturated carbocycles. The van der Waals surface area contributed by atoms with Gasteiger partial charge in [-0.25, -0.2) is 18.7 Å². The van der Waals surface area contributed by atoms with E-state index >= 15 is 0 Å². The molecule has 9 nitrogen and oxygen atoms in total. The summed E-state index contributed by atoms with van der Waals surface area (Å²) in [6.07, 6.45) is 9.40. The van der Waals surface area contributed by atoms with Crippen LogP contribution in [0, 0.1) is 11.6 Å². The molecule has 3 aromatic carbocycles. The maximum absolute atomic E-state index is 14.3. The molecule has 0 atom stereocenters. The summed E-state index contributed by atoms with van der Waals surface area (Å²) in [5.74, 6) is -1.67. The Labute approximate surface area is 283 Å². The number of rotatable bonds is 11. The molecule has 6 rings (SSSR count). The molecule has 0 spiro atoms. The number of aromatic nitrogens is 2. The van der Waals surface area contributed by atoms with E-state index in [1.807, 2.05) is 66.7 Å². The molecule has 0 unspecified atom stereocenters. The highest BCUT2D eigenvalue weighted by Gasteiger charge is 2.21. The first-order valence-electron chi connectivity index (χ1n) is 15.9. The summed E-state index contributed by atoms with van der Waals surface area (Å²) in [6.45, 7) is 9.12. The number of ether oxygens (including phenoxy) is 2. The van der Waals surface area contributed by atoms with Gasteiger partial charge >= 0.3 is 0 Å². The van der Waals surface area contributed by atoms with Crippen molar-refractivity contribution in [3.05, 3.63) is 144 Å². The Morgan fingerprint density at radius 1 is 0.980 bits per heavy atom. The second kappa shape index (κ2) is 15.5. The number of likely N-dealkylation sites (N-methyl/N-ethyl adjacent to an activating group) is 1. The highest BCUT2D eigenvalue weighted by molar-refractivity contribution is 6.07. The van der Waals surface area contributed by atoms with Crippen LogP contribution in [0.1, 0.15) is 21.6 Å². The Morgan fingerprint density at radius 3 is 2.53 bits per heavy atom. The molecule has 1 aromatic heterocycles. The SMILES string of the molecule is C=C(/C(=C1/C=CC=CN1C)c1ccnc(Nc2cccc(OCCN3CCOCC3)c2)n1)c1cccc(NC(=O)c2c(F)cccc2F)c1. The monoisotopic (exact) mass is 662 g/mol. The fourth-order valence-corrected chi connectivity index (χ4v) is 5.53. The molecule has 49 heavy (non-hydrogen) atoms. The molecule has 0 radical (unpaired) electrons. The molecule has 4 aromatic rings. The molecular formula is C38H36F2N6O3. The molecule has 0 aliphatic carbocycles. The van der Waals surface area contributed by atoms with Crippen molar-refractivity contribution < 1.29 is 23.0 Å². The van der Waals surface area contributed by atoms with Crippen LogP contribution < -0.4 is 15.4 Å². The van der Waals surface area contributed by atoms with Crippen molar-refractivity contribution in [3.8, 4) is 5.75 Å². The van der Waals surface area contributed by atoms with Crippen molar-refractivity contribution in [1.29, 1.82) is 0 Å². The Bertz CT molecular complexity index is 1920. The van der Waals surface area contributed by atoms with Gasteiger partial charge in [-0.2, -0.15) is 0 Å². The van der Waals surface area contributed by atoms with Gasteiger partial charge in [-0.05, 0) is 65.8 Å². The zero-order valence-electron chi connectivity index (χ0n) is 27.0. The van der Waals surface area contributed by atoms with E-state index in [1.54, 1.807) is 30.5 Å². The Hall–Kier alpha value is -5.65. The van der Waals surface area contributed by atoms with Gasteiger partial charge in [-0.3, -0.25) is 9.69 Å². The molecule has 2 aliphatic rings. The Morgan fingerprint density at radius 2 is 1.73 bits per heavy atom. The summed E-state index contributed by atoms with van der Waals surface area (Å²) in [5, 5.41) is 5.90. The lowest BCUT2D eigenvalue weighted by molar-refractivity contribution is 0.0322. The van der Waals surface area contributed by atoms with E-state index in [9.17, 15) is 13.6 Å². The van der Waals surface area contributed by atoms with Crippen LogP contribution in [-0.4, -0.2) is 72.2 Å². The number of allylic oxidation sites excluding steroid dienone is 5. The van der Waals surface area contributed by atoms with Crippen molar-refractivity contribution >= 4 is 34.4 Å². The summed E-state index contributed by atoms with van der Waals surface area (Å²) >= 11 is 0. The van der Waals surface area contributed by atoms with Gasteiger partial charge in [0.25, 0.3) is 5.91 Å². The number of benzene rings is 3. The summed E-state index contributed by atoms with van der Waals surface area (Å²) in [5.41, 5.74) is 3.89. The first-order chi connectivity index (χ1) is 23.9. The fraction of sp³-hybridized carbons (Fsp3) is 0.184. The number of morpholine rings is 1. The summed E-state index contributed by atoms with van der Waals surface area (Å²) < 4.78 is 40.0. The first kappa shape index (κ1) is 33.3. The van der Waals surface area contributed by atoms with E-state index in [1.165, 1.54) is 6.07 Å². The molecule has 2 N–H and O–H groups in total. The lowest BCUT2D eigenvalue weighted by Gasteiger charge is -2.26. The quantitative estimate of drug-likeness (QED) is 0.179. The fourth-order valence-electron chi connectivity index (χ4n) is 5.53. The molecule has 11 heteroatoms. The minimum Gasteiger partial charge on any atom is -0.492 e. The van der Waals surface area contributed by atoms with Crippen LogP contribution in [0.4, 0.5) is 26.1 Å². The smallest absolute Gasteiger partial charge is 0.261 e. The zero-order chi connectivity index (χ0) is 34.2. The molecule has 3 heterocycles. The molecule has 250 valence electrons. The molecule has 1 fully saturated rings. The summed E-state index contributed by atoms with van der Waals surface area (Å²) in [7, 11) is 1.92. The van der Waals surface area contributed by atoms with Crippen LogP contribution in [0.15, 0.2) is 116 Å². The minimum absolute atomic E-state index is 0.347. The molecular weight excluding hydrogens is 626 g/mol. The van der Waals surface area contributed by atoms with Gasteiger partial charge in [0, 0.05) is 62.1 Å². The number of halogens is 2. The van der Waals surface area contributed by atoms with E-state index in [0.29, 0.717) is 35.1 Å². The molecule has 1 saturated heterocycles.